The molecule has 1 atom stereocenters. The van der Waals surface area contributed by atoms with Gasteiger partial charge in [0.2, 0.25) is 0 Å². The number of benzene rings is 1. The summed E-state index contributed by atoms with van der Waals surface area (Å²) in [6, 6.07) is 13.2. The summed E-state index contributed by atoms with van der Waals surface area (Å²) in [5.74, 6) is 0. The van der Waals surface area contributed by atoms with E-state index in [-0.39, 0.29) is 0 Å². The van der Waals surface area contributed by atoms with Gasteiger partial charge in [0.1, 0.15) is 0 Å². The van der Waals surface area contributed by atoms with Crippen LogP contribution >= 0.6 is 11.8 Å². The van der Waals surface area contributed by atoms with Crippen molar-refractivity contribution in [3.05, 3.63) is 59.4 Å². The van der Waals surface area contributed by atoms with Crippen LogP contribution in [0.3, 0.4) is 0 Å². The lowest BCUT2D eigenvalue weighted by Gasteiger charge is -2.19. The summed E-state index contributed by atoms with van der Waals surface area (Å²) in [6.07, 6.45) is 6.07. The van der Waals surface area contributed by atoms with E-state index in [2.05, 4.69) is 59.9 Å². The van der Waals surface area contributed by atoms with Crippen LogP contribution in [0.5, 0.6) is 0 Å². The molecule has 3 heteroatoms. The largest absolute Gasteiger partial charge is 0.313 e. The Hall–Kier alpha value is -1.32. The van der Waals surface area contributed by atoms with Crippen molar-refractivity contribution in [1.82, 2.24) is 10.3 Å². The van der Waals surface area contributed by atoms with Gasteiger partial charge >= 0.3 is 0 Å². The third kappa shape index (κ3) is 3.62. The molecule has 106 valence electrons. The molecule has 2 nitrogen and oxygen atoms in total. The van der Waals surface area contributed by atoms with Crippen molar-refractivity contribution in [2.24, 2.45) is 0 Å². The summed E-state index contributed by atoms with van der Waals surface area (Å²) < 4.78 is 0. The van der Waals surface area contributed by atoms with Crippen LogP contribution in [0.15, 0.2) is 47.5 Å². The van der Waals surface area contributed by atoms with Gasteiger partial charge in [0.05, 0.1) is 0 Å². The quantitative estimate of drug-likeness (QED) is 0.816. The van der Waals surface area contributed by atoms with Crippen molar-refractivity contribution < 1.29 is 0 Å². The summed E-state index contributed by atoms with van der Waals surface area (Å²) >= 11 is 1.80. The summed E-state index contributed by atoms with van der Waals surface area (Å²) in [6.45, 7) is 2.15. The Morgan fingerprint density at radius 3 is 2.60 bits per heavy atom. The second kappa shape index (κ2) is 7.46. The van der Waals surface area contributed by atoms with Gasteiger partial charge in [-0.1, -0.05) is 31.2 Å². The number of thioether (sulfide) groups is 1. The van der Waals surface area contributed by atoms with Crippen LogP contribution in [0, 0.1) is 0 Å². The Balaban J connectivity index is 2.19. The minimum Gasteiger partial charge on any atom is -0.313 e. The number of nitrogens with zero attached hydrogens (tertiary/aromatic N) is 1. The first kappa shape index (κ1) is 15.1. The minimum atomic E-state index is 0.304. The van der Waals surface area contributed by atoms with E-state index in [9.17, 15) is 0 Å². The first-order chi connectivity index (χ1) is 9.78. The fourth-order valence-electron chi connectivity index (χ4n) is 2.32. The van der Waals surface area contributed by atoms with Gasteiger partial charge in [-0.25, -0.2) is 0 Å². The molecule has 0 saturated carbocycles. The van der Waals surface area contributed by atoms with Gasteiger partial charge < -0.3 is 5.32 Å². The highest BCUT2D eigenvalue weighted by atomic mass is 32.2. The molecule has 1 aromatic heterocycles. The van der Waals surface area contributed by atoms with Crippen LogP contribution in [0.1, 0.15) is 29.8 Å². The molecule has 0 aliphatic rings. The molecule has 2 aromatic rings. The lowest BCUT2D eigenvalue weighted by atomic mass is 10.0. The van der Waals surface area contributed by atoms with Crippen LogP contribution in [0.25, 0.3) is 0 Å². The zero-order chi connectivity index (χ0) is 14.4. The maximum absolute atomic E-state index is 4.57. The van der Waals surface area contributed by atoms with E-state index in [1.165, 1.54) is 16.0 Å². The van der Waals surface area contributed by atoms with Crippen molar-refractivity contribution in [3.8, 4) is 0 Å². The maximum Gasteiger partial charge on any atom is 0.0422 e. The fourth-order valence-corrected chi connectivity index (χ4v) is 2.98. The van der Waals surface area contributed by atoms with E-state index < -0.39 is 0 Å². The summed E-state index contributed by atoms with van der Waals surface area (Å²) in [7, 11) is 2.02. The molecular formula is C17H22N2S. The van der Waals surface area contributed by atoms with Gasteiger partial charge in [-0.3, -0.25) is 4.98 Å². The molecule has 0 aliphatic carbocycles. The van der Waals surface area contributed by atoms with Crippen LogP contribution in [-0.4, -0.2) is 18.3 Å². The molecular weight excluding hydrogens is 264 g/mol. The number of pyridine rings is 1. The molecule has 0 saturated heterocycles. The van der Waals surface area contributed by atoms with Crippen molar-refractivity contribution in [1.29, 1.82) is 0 Å². The molecule has 20 heavy (non-hydrogen) atoms. The van der Waals surface area contributed by atoms with Crippen LogP contribution in [-0.2, 0) is 12.8 Å². The van der Waals surface area contributed by atoms with Gasteiger partial charge in [-0.2, -0.15) is 0 Å². The van der Waals surface area contributed by atoms with Gasteiger partial charge in [-0.05, 0) is 43.0 Å². The summed E-state index contributed by atoms with van der Waals surface area (Å²) in [5, 5.41) is 3.42. The van der Waals surface area contributed by atoms with Crippen molar-refractivity contribution in [2.75, 3.05) is 13.3 Å². The molecule has 0 radical (unpaired) electrons. The molecule has 0 aliphatic heterocycles. The Labute approximate surface area is 126 Å². The number of hydrogen-bond donors (Lipinski definition) is 1. The Morgan fingerprint density at radius 2 is 2.00 bits per heavy atom. The second-order valence-corrected chi connectivity index (χ2v) is 5.65. The number of nitrogens with one attached hydrogen (secondary N) is 1. The maximum atomic E-state index is 4.57. The Kier molecular flexibility index (Phi) is 5.62. The lowest BCUT2D eigenvalue weighted by molar-refractivity contribution is 0.575. The third-order valence-corrected chi connectivity index (χ3v) is 4.38. The molecule has 1 heterocycles. The van der Waals surface area contributed by atoms with Crippen LogP contribution in [0.2, 0.25) is 0 Å². The minimum absolute atomic E-state index is 0.304. The molecule has 2 rings (SSSR count). The molecule has 0 bridgehead atoms. The number of likely N-dealkylation sites (N-methyl/N-ethyl adjacent to an activating group) is 1. The zero-order valence-electron chi connectivity index (χ0n) is 12.4. The smallest absolute Gasteiger partial charge is 0.0422 e. The monoisotopic (exact) mass is 286 g/mol. The number of aryl methyl sites for hydroxylation is 1. The van der Waals surface area contributed by atoms with Gasteiger partial charge in [-0.15, -0.1) is 11.8 Å². The predicted molar refractivity (Wildman–Crippen MR) is 87.3 cm³/mol. The predicted octanol–water partition coefficient (Wildman–Crippen LogP) is 3.87. The van der Waals surface area contributed by atoms with E-state index >= 15 is 0 Å². The van der Waals surface area contributed by atoms with Crippen molar-refractivity contribution >= 4 is 11.8 Å². The topological polar surface area (TPSA) is 24.9 Å². The Bertz CT molecular complexity index is 537. The lowest BCUT2D eigenvalue weighted by Crippen LogP contribution is -2.20. The van der Waals surface area contributed by atoms with E-state index in [0.29, 0.717) is 6.04 Å². The first-order valence-corrected chi connectivity index (χ1v) is 8.25. The van der Waals surface area contributed by atoms with Crippen LogP contribution < -0.4 is 5.32 Å². The third-order valence-electron chi connectivity index (χ3n) is 3.57. The van der Waals surface area contributed by atoms with E-state index in [0.717, 1.165) is 18.5 Å². The summed E-state index contributed by atoms with van der Waals surface area (Å²) in [4.78, 5) is 5.90. The Morgan fingerprint density at radius 1 is 1.20 bits per heavy atom. The highest BCUT2D eigenvalue weighted by Crippen LogP contribution is 2.27. The average Bonchev–Trinajstić information content (AvgIpc) is 2.53. The SMILES string of the molecule is CCc1ccc(CC(NC)c2ccccc2SC)nc1. The van der Waals surface area contributed by atoms with Crippen molar-refractivity contribution in [3.63, 3.8) is 0 Å². The number of rotatable bonds is 6. The first-order valence-electron chi connectivity index (χ1n) is 7.02. The number of hydrogen-bond acceptors (Lipinski definition) is 3. The molecule has 1 aromatic carbocycles. The van der Waals surface area contributed by atoms with E-state index in [1.807, 2.05) is 13.2 Å². The average molecular weight is 286 g/mol. The fraction of sp³-hybridized carbons (Fsp3) is 0.353. The standard InChI is InChI=1S/C17H22N2S/c1-4-13-9-10-14(19-12-13)11-16(18-2)15-7-5-6-8-17(15)20-3/h5-10,12,16,18H,4,11H2,1-3H3. The van der Waals surface area contributed by atoms with Crippen molar-refractivity contribution in [2.45, 2.75) is 30.7 Å². The molecule has 0 spiro atoms. The highest BCUT2D eigenvalue weighted by molar-refractivity contribution is 7.98. The molecule has 0 fully saturated rings. The second-order valence-electron chi connectivity index (χ2n) is 4.80. The van der Waals surface area contributed by atoms with E-state index in [1.54, 1.807) is 11.8 Å². The highest BCUT2D eigenvalue weighted by Gasteiger charge is 2.14. The van der Waals surface area contributed by atoms with Crippen LogP contribution in [0.4, 0.5) is 0 Å². The van der Waals surface area contributed by atoms with Gasteiger partial charge in [0.15, 0.2) is 0 Å². The van der Waals surface area contributed by atoms with E-state index in [4.69, 9.17) is 0 Å². The molecule has 0 amide bonds. The summed E-state index contributed by atoms with van der Waals surface area (Å²) in [5.41, 5.74) is 3.78. The number of aromatic nitrogens is 1. The van der Waals surface area contributed by atoms with Gasteiger partial charge in [0, 0.05) is 29.2 Å². The zero-order valence-corrected chi connectivity index (χ0v) is 13.2. The van der Waals surface area contributed by atoms with Gasteiger partial charge in [0.25, 0.3) is 0 Å². The molecule has 1 N–H and O–H groups in total. The molecule has 1 unspecified atom stereocenters. The normalized spacial score (nSPS) is 12.3.